The largest absolute Gasteiger partial charge is 0.287 e. The van der Waals surface area contributed by atoms with Crippen LogP contribution in [0.2, 0.25) is 5.02 Å². The van der Waals surface area contributed by atoms with Crippen LogP contribution in [0.25, 0.3) is 35.2 Å². The molecule has 1 unspecified atom stereocenters. The van der Waals surface area contributed by atoms with E-state index in [9.17, 15) is 9.18 Å². The Labute approximate surface area is 201 Å². The lowest BCUT2D eigenvalue weighted by Gasteiger charge is -2.19. The average Bonchev–Trinajstić information content (AvgIpc) is 2.95. The van der Waals surface area contributed by atoms with Gasteiger partial charge < -0.3 is 0 Å². The van der Waals surface area contributed by atoms with E-state index in [4.69, 9.17) is 11.6 Å². The molecule has 0 aliphatic heterocycles. The second kappa shape index (κ2) is 8.97. The number of hydrogen-bond donors (Lipinski definition) is 1. The van der Waals surface area contributed by atoms with E-state index in [0.717, 1.165) is 33.5 Å². The Morgan fingerprint density at radius 1 is 0.970 bits per heavy atom. The van der Waals surface area contributed by atoms with Crippen LogP contribution in [0.1, 0.15) is 45.8 Å². The van der Waals surface area contributed by atoms with Gasteiger partial charge in [-0.1, -0.05) is 78.4 Å². The van der Waals surface area contributed by atoms with Crippen molar-refractivity contribution in [3.8, 4) is 0 Å². The fraction of sp³-hybridized carbons (Fsp3) is 0.0714. The Balaban J connectivity index is 1.52. The third-order valence-electron chi connectivity index (χ3n) is 5.88. The normalized spacial score (nSPS) is 14.8. The van der Waals surface area contributed by atoms with Crippen LogP contribution >= 0.6 is 24.2 Å². The molecule has 1 heterocycles. The lowest BCUT2D eigenvalue weighted by atomic mass is 9.85. The van der Waals surface area contributed by atoms with Crippen LogP contribution in [-0.2, 0) is 4.79 Å². The monoisotopic (exact) mass is 471 g/mol. The van der Waals surface area contributed by atoms with Crippen molar-refractivity contribution in [3.05, 3.63) is 111 Å². The van der Waals surface area contributed by atoms with Crippen molar-refractivity contribution in [3.63, 3.8) is 0 Å². The molecule has 1 atom stereocenters. The van der Waals surface area contributed by atoms with Crippen molar-refractivity contribution in [2.45, 2.75) is 12.3 Å². The second-order valence-electron chi connectivity index (χ2n) is 8.03. The van der Waals surface area contributed by atoms with Crippen molar-refractivity contribution >= 4 is 64.6 Å². The number of halogens is 2. The SMILES string of the molecule is O=C(S)CC1c2ccccc2C=Cc2ccc(/C=C/c3ccc4cc(F)c(Cl)cc4n3)cc21. The number of benzene rings is 3. The zero-order valence-electron chi connectivity index (χ0n) is 17.5. The smallest absolute Gasteiger partial charge is 0.186 e. The lowest BCUT2D eigenvalue weighted by molar-refractivity contribution is -0.111. The number of nitrogens with zero attached hydrogens (tertiary/aromatic N) is 1. The topological polar surface area (TPSA) is 30.0 Å². The van der Waals surface area contributed by atoms with Crippen LogP contribution < -0.4 is 0 Å². The fourth-order valence-corrected chi connectivity index (χ4v) is 4.62. The molecule has 1 aliphatic rings. The highest BCUT2D eigenvalue weighted by atomic mass is 35.5. The summed E-state index contributed by atoms with van der Waals surface area (Å²) in [5, 5.41) is 0.614. The number of carbonyl (C=O) groups is 1. The summed E-state index contributed by atoms with van der Waals surface area (Å²) in [5.74, 6) is -0.524. The molecule has 0 radical (unpaired) electrons. The van der Waals surface area contributed by atoms with Crippen molar-refractivity contribution in [2.75, 3.05) is 0 Å². The maximum Gasteiger partial charge on any atom is 0.186 e. The Bertz CT molecular complexity index is 1460. The molecule has 2 nitrogen and oxygen atoms in total. The summed E-state index contributed by atoms with van der Waals surface area (Å²) in [6, 6.07) is 21.0. The minimum atomic E-state index is -0.455. The molecule has 0 amide bonds. The van der Waals surface area contributed by atoms with E-state index in [2.05, 4.69) is 54.0 Å². The van der Waals surface area contributed by atoms with Crippen LogP contribution in [0, 0.1) is 5.82 Å². The average molecular weight is 472 g/mol. The van der Waals surface area contributed by atoms with Gasteiger partial charge in [0.15, 0.2) is 5.12 Å². The summed E-state index contributed by atoms with van der Waals surface area (Å²) in [7, 11) is 0. The van der Waals surface area contributed by atoms with Gasteiger partial charge in [-0.15, -0.1) is 12.6 Å². The highest BCUT2D eigenvalue weighted by Crippen LogP contribution is 2.38. The van der Waals surface area contributed by atoms with E-state index in [-0.39, 0.29) is 16.1 Å². The molecular weight excluding hydrogens is 453 g/mol. The van der Waals surface area contributed by atoms with Crippen molar-refractivity contribution in [1.29, 1.82) is 0 Å². The van der Waals surface area contributed by atoms with Gasteiger partial charge in [-0.2, -0.15) is 0 Å². The first-order valence-corrected chi connectivity index (χ1v) is 11.4. The molecule has 0 fully saturated rings. The van der Waals surface area contributed by atoms with Gasteiger partial charge in [-0.05, 0) is 52.1 Å². The molecule has 0 spiro atoms. The molecule has 1 aromatic heterocycles. The molecule has 3 aromatic carbocycles. The van der Waals surface area contributed by atoms with Crippen LogP contribution in [0.5, 0.6) is 0 Å². The molecule has 5 heteroatoms. The van der Waals surface area contributed by atoms with E-state index in [1.165, 1.54) is 12.1 Å². The van der Waals surface area contributed by atoms with Crippen LogP contribution in [0.15, 0.2) is 66.7 Å². The van der Waals surface area contributed by atoms with Gasteiger partial charge in [0.1, 0.15) is 5.82 Å². The summed E-state index contributed by atoms with van der Waals surface area (Å²) in [6.45, 7) is 0. The number of carbonyl (C=O) groups excluding carboxylic acids is 1. The zero-order chi connectivity index (χ0) is 22.9. The molecular formula is C28H19ClFNOS. The van der Waals surface area contributed by atoms with E-state index >= 15 is 0 Å². The fourth-order valence-electron chi connectivity index (χ4n) is 4.28. The predicted octanol–water partition coefficient (Wildman–Crippen LogP) is 7.66. The number of thiol groups is 1. The summed E-state index contributed by atoms with van der Waals surface area (Å²) >= 11 is 9.98. The quantitative estimate of drug-likeness (QED) is 0.309. The number of fused-ring (bicyclic) bond motifs is 3. The maximum absolute atomic E-state index is 13.7. The van der Waals surface area contributed by atoms with Gasteiger partial charge in [0, 0.05) is 17.7 Å². The Hall–Kier alpha value is -3.21. The first-order valence-electron chi connectivity index (χ1n) is 10.5. The minimum Gasteiger partial charge on any atom is -0.287 e. The predicted molar refractivity (Wildman–Crippen MR) is 138 cm³/mol. The van der Waals surface area contributed by atoms with E-state index in [1.54, 1.807) is 0 Å². The zero-order valence-corrected chi connectivity index (χ0v) is 19.2. The van der Waals surface area contributed by atoms with Gasteiger partial charge in [0.05, 0.1) is 16.2 Å². The minimum absolute atomic E-state index is 0.0556. The first-order chi connectivity index (χ1) is 16.0. The van der Waals surface area contributed by atoms with Crippen LogP contribution in [0.3, 0.4) is 0 Å². The molecule has 4 aromatic rings. The highest BCUT2D eigenvalue weighted by Gasteiger charge is 2.23. The number of hydrogen-bond acceptors (Lipinski definition) is 2. The third kappa shape index (κ3) is 4.50. The van der Waals surface area contributed by atoms with Gasteiger partial charge >= 0.3 is 0 Å². The van der Waals surface area contributed by atoms with Crippen LogP contribution in [0.4, 0.5) is 4.39 Å². The molecule has 1 aliphatic carbocycles. The van der Waals surface area contributed by atoms with E-state index in [1.807, 2.05) is 42.5 Å². The van der Waals surface area contributed by atoms with Crippen molar-refractivity contribution < 1.29 is 9.18 Å². The Morgan fingerprint density at radius 3 is 2.58 bits per heavy atom. The summed E-state index contributed by atoms with van der Waals surface area (Å²) in [6.07, 6.45) is 8.42. The third-order valence-corrected chi connectivity index (χ3v) is 6.35. The van der Waals surface area contributed by atoms with Gasteiger partial charge in [-0.3, -0.25) is 4.79 Å². The summed E-state index contributed by atoms with van der Waals surface area (Å²) in [4.78, 5) is 16.6. The molecule has 162 valence electrons. The molecule has 0 N–H and O–H groups in total. The highest BCUT2D eigenvalue weighted by molar-refractivity contribution is 7.96. The van der Waals surface area contributed by atoms with Crippen molar-refractivity contribution in [2.24, 2.45) is 0 Å². The second-order valence-corrected chi connectivity index (χ2v) is 8.94. The number of rotatable bonds is 4. The van der Waals surface area contributed by atoms with E-state index < -0.39 is 5.82 Å². The lowest BCUT2D eigenvalue weighted by Crippen LogP contribution is -2.07. The standard InChI is InChI=1S/C28H19ClFNOS/c29-25-16-27-20(14-26(25)30)10-12-21(31-27)11-6-17-5-7-19-9-8-18-3-1-2-4-22(18)24(15-28(32)33)23(19)13-17/h1-14,16,24H,15H2,(H,32,33)/b11-6+. The Morgan fingerprint density at radius 2 is 1.76 bits per heavy atom. The number of aromatic nitrogens is 1. The first kappa shape index (κ1) is 21.6. The summed E-state index contributed by atoms with van der Waals surface area (Å²) in [5.41, 5.74) is 6.79. The Kier molecular flexibility index (Phi) is 5.88. The molecule has 0 bridgehead atoms. The van der Waals surface area contributed by atoms with Gasteiger partial charge in [0.25, 0.3) is 0 Å². The summed E-state index contributed by atoms with van der Waals surface area (Å²) < 4.78 is 13.7. The number of pyridine rings is 1. The maximum atomic E-state index is 13.7. The van der Waals surface area contributed by atoms with Gasteiger partial charge in [-0.25, -0.2) is 9.37 Å². The van der Waals surface area contributed by atoms with Crippen molar-refractivity contribution in [1.82, 2.24) is 4.98 Å². The molecule has 0 saturated heterocycles. The van der Waals surface area contributed by atoms with E-state index in [0.29, 0.717) is 17.3 Å². The van der Waals surface area contributed by atoms with Crippen LogP contribution in [-0.4, -0.2) is 10.1 Å². The molecule has 33 heavy (non-hydrogen) atoms. The van der Waals surface area contributed by atoms with Gasteiger partial charge in [0.2, 0.25) is 0 Å². The molecule has 5 rings (SSSR count). The molecule has 0 saturated carbocycles.